The Morgan fingerprint density at radius 2 is 2.16 bits per heavy atom. The average molecular weight is 294 g/mol. The molecule has 0 aliphatic rings. The molecule has 0 radical (unpaired) electrons. The van der Waals surface area contributed by atoms with E-state index < -0.39 is 0 Å². The SMILES string of the molecule is Cc1nn(-c2ccccc2)c(Cl)c1C=NNC(N)=S. The highest BCUT2D eigenvalue weighted by atomic mass is 35.5. The van der Waals surface area contributed by atoms with Crippen molar-refractivity contribution in [1.82, 2.24) is 15.2 Å². The largest absolute Gasteiger partial charge is 0.375 e. The maximum Gasteiger partial charge on any atom is 0.184 e. The Morgan fingerprint density at radius 3 is 2.79 bits per heavy atom. The highest BCUT2D eigenvalue weighted by molar-refractivity contribution is 7.80. The number of rotatable bonds is 3. The van der Waals surface area contributed by atoms with E-state index in [-0.39, 0.29) is 5.11 Å². The molecule has 0 saturated heterocycles. The third-order valence-corrected chi connectivity index (χ3v) is 2.87. The molecular formula is C12H12ClN5S. The summed E-state index contributed by atoms with van der Waals surface area (Å²) in [5, 5.41) is 8.85. The number of hydrazone groups is 1. The van der Waals surface area contributed by atoms with E-state index in [1.54, 1.807) is 10.9 Å². The van der Waals surface area contributed by atoms with Gasteiger partial charge >= 0.3 is 0 Å². The van der Waals surface area contributed by atoms with Gasteiger partial charge in [-0.2, -0.15) is 10.2 Å². The number of hydrogen-bond donors (Lipinski definition) is 2. The van der Waals surface area contributed by atoms with Crippen molar-refractivity contribution in [2.24, 2.45) is 10.8 Å². The molecule has 0 atom stereocenters. The molecule has 1 aromatic heterocycles. The summed E-state index contributed by atoms with van der Waals surface area (Å²) in [5.41, 5.74) is 10.1. The van der Waals surface area contributed by atoms with Gasteiger partial charge in [0, 0.05) is 0 Å². The summed E-state index contributed by atoms with van der Waals surface area (Å²) in [4.78, 5) is 0. The fourth-order valence-electron chi connectivity index (χ4n) is 1.56. The number of nitrogens with one attached hydrogen (secondary N) is 1. The second-order valence-corrected chi connectivity index (χ2v) is 4.57. The van der Waals surface area contributed by atoms with Crippen LogP contribution in [0.15, 0.2) is 35.4 Å². The van der Waals surface area contributed by atoms with Crippen LogP contribution in [0.2, 0.25) is 5.15 Å². The van der Waals surface area contributed by atoms with E-state index in [0.717, 1.165) is 11.4 Å². The van der Waals surface area contributed by atoms with Crippen LogP contribution in [0.25, 0.3) is 5.69 Å². The third-order valence-electron chi connectivity index (χ3n) is 2.42. The summed E-state index contributed by atoms with van der Waals surface area (Å²) in [5.74, 6) is 0. The van der Waals surface area contributed by atoms with Crippen LogP contribution in [0.3, 0.4) is 0 Å². The lowest BCUT2D eigenvalue weighted by molar-refractivity contribution is 0.863. The Kier molecular flexibility index (Phi) is 4.13. The van der Waals surface area contributed by atoms with E-state index in [0.29, 0.717) is 10.7 Å². The molecule has 2 aromatic rings. The fourth-order valence-corrected chi connectivity index (χ4v) is 1.93. The molecule has 5 nitrogen and oxygen atoms in total. The van der Waals surface area contributed by atoms with Crippen molar-refractivity contribution >= 4 is 35.1 Å². The van der Waals surface area contributed by atoms with Crippen molar-refractivity contribution in [2.75, 3.05) is 0 Å². The lowest BCUT2D eigenvalue weighted by atomic mass is 10.3. The first-order valence-electron chi connectivity index (χ1n) is 5.48. The molecule has 2 rings (SSSR count). The van der Waals surface area contributed by atoms with Crippen LogP contribution < -0.4 is 11.2 Å². The van der Waals surface area contributed by atoms with Gasteiger partial charge in [-0.25, -0.2) is 4.68 Å². The second-order valence-electron chi connectivity index (χ2n) is 3.77. The van der Waals surface area contributed by atoms with E-state index in [9.17, 15) is 0 Å². The molecule has 0 unspecified atom stereocenters. The highest BCUT2D eigenvalue weighted by Gasteiger charge is 2.12. The first kappa shape index (κ1) is 13.5. The molecule has 0 spiro atoms. The lowest BCUT2D eigenvalue weighted by Gasteiger charge is -2.01. The van der Waals surface area contributed by atoms with Gasteiger partial charge in [0.1, 0.15) is 5.15 Å². The average Bonchev–Trinajstić information content (AvgIpc) is 2.67. The summed E-state index contributed by atoms with van der Waals surface area (Å²) in [7, 11) is 0. The molecular weight excluding hydrogens is 282 g/mol. The summed E-state index contributed by atoms with van der Waals surface area (Å²) in [6, 6.07) is 9.62. The fraction of sp³-hybridized carbons (Fsp3) is 0.0833. The molecule has 3 N–H and O–H groups in total. The molecule has 1 heterocycles. The van der Waals surface area contributed by atoms with Crippen LogP contribution in [-0.4, -0.2) is 21.1 Å². The summed E-state index contributed by atoms with van der Waals surface area (Å²) < 4.78 is 1.65. The zero-order valence-corrected chi connectivity index (χ0v) is 11.7. The standard InChI is InChI=1S/C12H12ClN5S/c1-8-10(7-15-16-12(14)19)11(13)18(17-8)9-5-3-2-4-6-9/h2-7H,1H3,(H3,14,16,19). The van der Waals surface area contributed by atoms with Gasteiger partial charge < -0.3 is 5.73 Å². The van der Waals surface area contributed by atoms with Gasteiger partial charge in [0.15, 0.2) is 5.11 Å². The summed E-state index contributed by atoms with van der Waals surface area (Å²) in [6.07, 6.45) is 1.54. The maximum atomic E-state index is 6.30. The van der Waals surface area contributed by atoms with E-state index >= 15 is 0 Å². The van der Waals surface area contributed by atoms with Crippen LogP contribution in [0.4, 0.5) is 0 Å². The van der Waals surface area contributed by atoms with Crippen LogP contribution in [0.5, 0.6) is 0 Å². The molecule has 0 aliphatic carbocycles. The highest BCUT2D eigenvalue weighted by Crippen LogP contribution is 2.21. The van der Waals surface area contributed by atoms with Gasteiger partial charge in [-0.1, -0.05) is 29.8 Å². The lowest BCUT2D eigenvalue weighted by Crippen LogP contribution is -2.24. The predicted octanol–water partition coefficient (Wildman–Crippen LogP) is 2.00. The Morgan fingerprint density at radius 1 is 1.47 bits per heavy atom. The Labute approximate surface area is 121 Å². The van der Waals surface area contributed by atoms with Crippen LogP contribution in [0, 0.1) is 6.92 Å². The molecule has 0 amide bonds. The second kappa shape index (κ2) is 5.81. The van der Waals surface area contributed by atoms with Gasteiger partial charge in [0.2, 0.25) is 0 Å². The van der Waals surface area contributed by atoms with Gasteiger partial charge in [-0.3, -0.25) is 5.43 Å². The van der Waals surface area contributed by atoms with E-state index in [1.165, 1.54) is 0 Å². The minimum Gasteiger partial charge on any atom is -0.375 e. The van der Waals surface area contributed by atoms with Crippen LogP contribution in [0.1, 0.15) is 11.3 Å². The van der Waals surface area contributed by atoms with Crippen LogP contribution in [-0.2, 0) is 0 Å². The predicted molar refractivity (Wildman–Crippen MR) is 80.8 cm³/mol. The Bertz CT molecular complexity index is 621. The van der Waals surface area contributed by atoms with E-state index in [1.807, 2.05) is 37.3 Å². The molecule has 19 heavy (non-hydrogen) atoms. The van der Waals surface area contributed by atoms with Crippen molar-refractivity contribution < 1.29 is 0 Å². The van der Waals surface area contributed by atoms with Gasteiger partial charge in [-0.05, 0) is 31.3 Å². The molecule has 7 heteroatoms. The summed E-state index contributed by atoms with van der Waals surface area (Å²) >= 11 is 11.0. The van der Waals surface area contributed by atoms with Crippen molar-refractivity contribution in [2.45, 2.75) is 6.92 Å². The van der Waals surface area contributed by atoms with Gasteiger partial charge in [0.25, 0.3) is 0 Å². The maximum absolute atomic E-state index is 6.30. The number of hydrogen-bond acceptors (Lipinski definition) is 3. The van der Waals surface area contributed by atoms with E-state index in [2.05, 4.69) is 27.8 Å². The van der Waals surface area contributed by atoms with Gasteiger partial charge in [-0.15, -0.1) is 0 Å². The molecule has 0 bridgehead atoms. The first-order chi connectivity index (χ1) is 9.09. The van der Waals surface area contributed by atoms with Crippen LogP contribution >= 0.6 is 23.8 Å². The molecule has 1 aromatic carbocycles. The molecule has 0 saturated carbocycles. The zero-order chi connectivity index (χ0) is 13.8. The van der Waals surface area contributed by atoms with Crippen molar-refractivity contribution in [3.8, 4) is 5.69 Å². The minimum atomic E-state index is 0.0977. The third kappa shape index (κ3) is 3.10. The number of nitrogens with two attached hydrogens (primary N) is 1. The minimum absolute atomic E-state index is 0.0977. The number of aryl methyl sites for hydroxylation is 1. The number of thiocarbonyl (C=S) groups is 1. The molecule has 0 fully saturated rings. The number of nitrogens with zero attached hydrogens (tertiary/aromatic N) is 3. The molecule has 0 aliphatic heterocycles. The van der Waals surface area contributed by atoms with Crippen molar-refractivity contribution in [3.05, 3.63) is 46.7 Å². The topological polar surface area (TPSA) is 68.2 Å². The van der Waals surface area contributed by atoms with E-state index in [4.69, 9.17) is 17.3 Å². The van der Waals surface area contributed by atoms with Crippen molar-refractivity contribution in [1.29, 1.82) is 0 Å². The smallest absolute Gasteiger partial charge is 0.184 e. The number of benzene rings is 1. The Hall–Kier alpha value is -1.92. The van der Waals surface area contributed by atoms with Gasteiger partial charge in [0.05, 0.1) is 23.2 Å². The Balaban J connectivity index is 2.35. The quantitative estimate of drug-likeness (QED) is 0.516. The summed E-state index contributed by atoms with van der Waals surface area (Å²) in [6.45, 7) is 1.85. The number of halogens is 1. The number of aromatic nitrogens is 2. The normalized spacial score (nSPS) is 10.8. The van der Waals surface area contributed by atoms with Crippen molar-refractivity contribution in [3.63, 3.8) is 0 Å². The molecule has 98 valence electrons. The number of para-hydroxylation sites is 1. The monoisotopic (exact) mass is 293 g/mol. The first-order valence-corrected chi connectivity index (χ1v) is 6.27. The zero-order valence-electron chi connectivity index (χ0n) is 10.2.